The third-order valence-electron chi connectivity index (χ3n) is 3.66. The van der Waals surface area contributed by atoms with Gasteiger partial charge in [-0.1, -0.05) is 0 Å². The summed E-state index contributed by atoms with van der Waals surface area (Å²) in [5.41, 5.74) is 0.430. The lowest BCUT2D eigenvalue weighted by Gasteiger charge is -2.21. The highest BCUT2D eigenvalue weighted by atomic mass is 16.5. The molecule has 0 aliphatic carbocycles. The van der Waals surface area contributed by atoms with E-state index < -0.39 is 5.97 Å². The van der Waals surface area contributed by atoms with Crippen molar-refractivity contribution in [3.05, 3.63) is 23.2 Å². The molecule has 0 saturated carbocycles. The van der Waals surface area contributed by atoms with Crippen molar-refractivity contribution in [2.75, 3.05) is 20.3 Å². The fourth-order valence-electron chi connectivity index (χ4n) is 2.66. The highest BCUT2D eigenvalue weighted by Gasteiger charge is 2.32. The van der Waals surface area contributed by atoms with Crippen molar-refractivity contribution in [3.63, 3.8) is 0 Å². The number of esters is 2. The third-order valence-corrected chi connectivity index (χ3v) is 3.66. The summed E-state index contributed by atoms with van der Waals surface area (Å²) in [6.45, 7) is 5.21. The molecule has 0 spiro atoms. The lowest BCUT2D eigenvalue weighted by molar-refractivity contribution is -0.148. The monoisotopic (exact) mass is 295 g/mol. The predicted octanol–water partition coefficient (Wildman–Crippen LogP) is 1.90. The summed E-state index contributed by atoms with van der Waals surface area (Å²) in [5, 5.41) is 0. The van der Waals surface area contributed by atoms with Crippen LogP contribution < -0.4 is 0 Å². The van der Waals surface area contributed by atoms with E-state index in [1.165, 1.54) is 7.11 Å². The molecule has 1 fully saturated rings. The van der Waals surface area contributed by atoms with Crippen LogP contribution in [-0.2, 0) is 20.8 Å². The standard InChI is InChI=1S/C15H21NO5/c1-4-20-15(18)13-6-5-7-16(13)9-11-8-12(10(2)21-11)14(17)19-3/h8,13H,4-7,9H2,1-3H3. The lowest BCUT2D eigenvalue weighted by atomic mass is 10.2. The molecule has 2 heterocycles. The topological polar surface area (TPSA) is 69.0 Å². The Morgan fingerprint density at radius 2 is 2.24 bits per heavy atom. The SMILES string of the molecule is CCOC(=O)C1CCCN1Cc1cc(C(=O)OC)c(C)o1. The maximum absolute atomic E-state index is 11.9. The number of hydrogen-bond donors (Lipinski definition) is 0. The normalized spacial score (nSPS) is 18.7. The molecule has 1 atom stereocenters. The first kappa shape index (κ1) is 15.6. The van der Waals surface area contributed by atoms with Gasteiger partial charge in [-0.3, -0.25) is 9.69 Å². The van der Waals surface area contributed by atoms with E-state index in [2.05, 4.69) is 0 Å². The number of methoxy groups -OCH3 is 1. The molecule has 1 aromatic rings. The molecule has 6 nitrogen and oxygen atoms in total. The zero-order chi connectivity index (χ0) is 15.4. The number of nitrogens with zero attached hydrogens (tertiary/aromatic N) is 1. The second kappa shape index (κ2) is 6.76. The number of aryl methyl sites for hydroxylation is 1. The second-order valence-electron chi connectivity index (χ2n) is 5.05. The molecule has 0 aromatic carbocycles. The minimum absolute atomic E-state index is 0.188. The number of ether oxygens (including phenoxy) is 2. The molecular weight excluding hydrogens is 274 g/mol. The number of carbonyl (C=O) groups excluding carboxylic acids is 2. The highest BCUT2D eigenvalue weighted by molar-refractivity contribution is 5.90. The highest BCUT2D eigenvalue weighted by Crippen LogP contribution is 2.23. The summed E-state index contributed by atoms with van der Waals surface area (Å²) in [6.07, 6.45) is 1.75. The number of likely N-dealkylation sites (tertiary alicyclic amines) is 1. The van der Waals surface area contributed by atoms with E-state index in [9.17, 15) is 9.59 Å². The number of hydrogen-bond acceptors (Lipinski definition) is 6. The van der Waals surface area contributed by atoms with Gasteiger partial charge in [0.2, 0.25) is 0 Å². The summed E-state index contributed by atoms with van der Waals surface area (Å²) < 4.78 is 15.4. The van der Waals surface area contributed by atoms with Crippen molar-refractivity contribution in [3.8, 4) is 0 Å². The maximum Gasteiger partial charge on any atom is 0.341 e. The smallest absolute Gasteiger partial charge is 0.341 e. The molecule has 1 aromatic heterocycles. The Morgan fingerprint density at radius 1 is 1.48 bits per heavy atom. The molecule has 1 saturated heterocycles. The van der Waals surface area contributed by atoms with E-state index in [4.69, 9.17) is 13.9 Å². The Kier molecular flexibility index (Phi) is 5.01. The van der Waals surface area contributed by atoms with Gasteiger partial charge >= 0.3 is 11.9 Å². The molecule has 21 heavy (non-hydrogen) atoms. The van der Waals surface area contributed by atoms with Crippen LogP contribution in [0.1, 0.15) is 41.6 Å². The lowest BCUT2D eigenvalue weighted by Crippen LogP contribution is -2.36. The fourth-order valence-corrected chi connectivity index (χ4v) is 2.66. The van der Waals surface area contributed by atoms with E-state index in [0.717, 1.165) is 19.4 Å². The van der Waals surface area contributed by atoms with Crippen LogP contribution in [0.25, 0.3) is 0 Å². The van der Waals surface area contributed by atoms with E-state index in [-0.39, 0.29) is 12.0 Å². The van der Waals surface area contributed by atoms with Gasteiger partial charge in [0.25, 0.3) is 0 Å². The Labute approximate surface area is 124 Å². The minimum Gasteiger partial charge on any atom is -0.465 e. The van der Waals surface area contributed by atoms with Gasteiger partial charge < -0.3 is 13.9 Å². The van der Waals surface area contributed by atoms with Gasteiger partial charge in [-0.25, -0.2) is 4.79 Å². The van der Waals surface area contributed by atoms with Crippen molar-refractivity contribution in [2.24, 2.45) is 0 Å². The van der Waals surface area contributed by atoms with Crippen LogP contribution >= 0.6 is 0 Å². The van der Waals surface area contributed by atoms with Gasteiger partial charge in [-0.05, 0) is 39.3 Å². The maximum atomic E-state index is 11.9. The van der Waals surface area contributed by atoms with Crippen molar-refractivity contribution in [2.45, 2.75) is 39.3 Å². The largest absolute Gasteiger partial charge is 0.465 e. The zero-order valence-electron chi connectivity index (χ0n) is 12.7. The summed E-state index contributed by atoms with van der Waals surface area (Å²) >= 11 is 0. The van der Waals surface area contributed by atoms with E-state index in [1.54, 1.807) is 19.9 Å². The third kappa shape index (κ3) is 3.44. The van der Waals surface area contributed by atoms with Crippen LogP contribution in [0.2, 0.25) is 0 Å². The molecule has 116 valence electrons. The zero-order valence-corrected chi connectivity index (χ0v) is 12.7. The molecule has 0 N–H and O–H groups in total. The van der Waals surface area contributed by atoms with Gasteiger partial charge in [-0.2, -0.15) is 0 Å². The quantitative estimate of drug-likeness (QED) is 0.773. The predicted molar refractivity (Wildman–Crippen MR) is 74.8 cm³/mol. The molecule has 0 radical (unpaired) electrons. The van der Waals surface area contributed by atoms with Crippen LogP contribution in [-0.4, -0.2) is 43.1 Å². The van der Waals surface area contributed by atoms with E-state index >= 15 is 0 Å². The average Bonchev–Trinajstić information content (AvgIpc) is 3.05. The van der Waals surface area contributed by atoms with Crippen LogP contribution in [0, 0.1) is 6.92 Å². The first-order valence-corrected chi connectivity index (χ1v) is 7.15. The molecule has 2 rings (SSSR count). The Bertz CT molecular complexity index is 522. The Morgan fingerprint density at radius 3 is 2.90 bits per heavy atom. The minimum atomic E-state index is -0.411. The van der Waals surface area contributed by atoms with E-state index in [1.807, 2.05) is 4.90 Å². The van der Waals surface area contributed by atoms with Crippen LogP contribution in [0.3, 0.4) is 0 Å². The van der Waals surface area contributed by atoms with Gasteiger partial charge in [0.05, 0.1) is 20.3 Å². The molecule has 0 amide bonds. The summed E-state index contributed by atoms with van der Waals surface area (Å²) in [7, 11) is 1.34. The van der Waals surface area contributed by atoms with Crippen molar-refractivity contribution >= 4 is 11.9 Å². The van der Waals surface area contributed by atoms with Crippen molar-refractivity contribution in [1.29, 1.82) is 0 Å². The molecule has 6 heteroatoms. The fraction of sp³-hybridized carbons (Fsp3) is 0.600. The van der Waals surface area contributed by atoms with Crippen molar-refractivity contribution in [1.82, 2.24) is 4.90 Å². The van der Waals surface area contributed by atoms with Gasteiger partial charge in [-0.15, -0.1) is 0 Å². The first-order chi connectivity index (χ1) is 10.1. The summed E-state index contributed by atoms with van der Waals surface area (Å²) in [4.78, 5) is 25.5. The van der Waals surface area contributed by atoms with Gasteiger partial charge in [0, 0.05) is 0 Å². The summed E-state index contributed by atoms with van der Waals surface area (Å²) in [6, 6.07) is 1.46. The molecule has 1 unspecified atom stereocenters. The molecular formula is C15H21NO5. The van der Waals surface area contributed by atoms with Crippen LogP contribution in [0.15, 0.2) is 10.5 Å². The second-order valence-corrected chi connectivity index (χ2v) is 5.05. The van der Waals surface area contributed by atoms with Gasteiger partial charge in [0.15, 0.2) is 0 Å². The molecule has 1 aliphatic heterocycles. The Hall–Kier alpha value is -1.82. The number of carbonyl (C=O) groups is 2. The van der Waals surface area contributed by atoms with Gasteiger partial charge in [0.1, 0.15) is 23.1 Å². The van der Waals surface area contributed by atoms with E-state index in [0.29, 0.717) is 30.2 Å². The number of furan rings is 1. The van der Waals surface area contributed by atoms with Crippen molar-refractivity contribution < 1.29 is 23.5 Å². The molecule has 1 aliphatic rings. The first-order valence-electron chi connectivity index (χ1n) is 7.15. The van der Waals surface area contributed by atoms with Crippen LogP contribution in [0.4, 0.5) is 0 Å². The van der Waals surface area contributed by atoms with Crippen LogP contribution in [0.5, 0.6) is 0 Å². The molecule has 0 bridgehead atoms. The Balaban J connectivity index is 2.07. The summed E-state index contributed by atoms with van der Waals surface area (Å²) in [5.74, 6) is 0.588. The number of rotatable bonds is 5. The average molecular weight is 295 g/mol.